The minimum absolute atomic E-state index is 0.0750. The third-order valence-corrected chi connectivity index (χ3v) is 5.11. The third-order valence-electron chi connectivity index (χ3n) is 5.11. The van der Waals surface area contributed by atoms with Crippen molar-refractivity contribution in [2.24, 2.45) is 17.6 Å². The van der Waals surface area contributed by atoms with Crippen LogP contribution in [0.25, 0.3) is 0 Å². The zero-order valence-corrected chi connectivity index (χ0v) is 15.1. The molecular weight excluding hydrogens is 320 g/mol. The molecule has 8 nitrogen and oxygen atoms in total. The summed E-state index contributed by atoms with van der Waals surface area (Å²) in [6.07, 6.45) is 3.95. The van der Waals surface area contributed by atoms with Gasteiger partial charge in [-0.2, -0.15) is 0 Å². The van der Waals surface area contributed by atoms with Crippen LogP contribution in [0.15, 0.2) is 6.20 Å². The molecule has 0 unspecified atom stereocenters. The zero-order chi connectivity index (χ0) is 18.0. The molecule has 0 bridgehead atoms. The summed E-state index contributed by atoms with van der Waals surface area (Å²) in [7, 11) is 0. The zero-order valence-electron chi connectivity index (χ0n) is 15.1. The number of fused-ring (bicyclic) bond motifs is 1. The van der Waals surface area contributed by atoms with Gasteiger partial charge in [0.1, 0.15) is 0 Å². The number of nitrogens with zero attached hydrogens (tertiary/aromatic N) is 5. The first-order valence-electron chi connectivity index (χ1n) is 9.18. The van der Waals surface area contributed by atoms with Gasteiger partial charge in [-0.25, -0.2) is 0 Å². The summed E-state index contributed by atoms with van der Waals surface area (Å²) in [4.78, 5) is 28.9. The van der Waals surface area contributed by atoms with Gasteiger partial charge < -0.3 is 15.5 Å². The largest absolute Gasteiger partial charge is 0.339 e. The smallest absolute Gasteiger partial charge is 0.276 e. The highest BCUT2D eigenvalue weighted by Crippen LogP contribution is 2.32. The lowest BCUT2D eigenvalue weighted by atomic mass is 9.83. The van der Waals surface area contributed by atoms with Crippen molar-refractivity contribution in [1.29, 1.82) is 0 Å². The molecule has 2 N–H and O–H groups in total. The number of carbonyl (C=O) groups is 2. The number of piperidine rings is 2. The van der Waals surface area contributed by atoms with E-state index in [0.717, 1.165) is 19.4 Å². The molecule has 8 heteroatoms. The molecule has 1 aromatic heterocycles. The number of likely N-dealkylation sites (tertiary alicyclic amines) is 2. The Hall–Kier alpha value is -1.96. The average molecular weight is 348 g/mol. The Bertz CT molecular complexity index is 628. The van der Waals surface area contributed by atoms with Gasteiger partial charge in [0.2, 0.25) is 5.91 Å². The minimum atomic E-state index is -0.0750. The Morgan fingerprint density at radius 3 is 2.92 bits per heavy atom. The van der Waals surface area contributed by atoms with Crippen molar-refractivity contribution in [3.05, 3.63) is 11.9 Å². The van der Waals surface area contributed by atoms with Gasteiger partial charge in [-0.3, -0.25) is 14.3 Å². The summed E-state index contributed by atoms with van der Waals surface area (Å²) in [5, 5.41) is 7.93. The molecule has 138 valence electrons. The summed E-state index contributed by atoms with van der Waals surface area (Å²) in [6.45, 7) is 7.45. The Kier molecular flexibility index (Phi) is 5.36. The van der Waals surface area contributed by atoms with Gasteiger partial charge in [-0.15, -0.1) is 5.10 Å². The minimum Gasteiger partial charge on any atom is -0.339 e. The second-order valence-electron chi connectivity index (χ2n) is 7.50. The lowest BCUT2D eigenvalue weighted by Crippen LogP contribution is -2.57. The number of amides is 2. The maximum atomic E-state index is 12.7. The molecule has 2 saturated heterocycles. The first kappa shape index (κ1) is 17.8. The van der Waals surface area contributed by atoms with E-state index in [1.807, 2.05) is 4.90 Å². The molecule has 2 fully saturated rings. The Morgan fingerprint density at radius 2 is 2.20 bits per heavy atom. The van der Waals surface area contributed by atoms with E-state index in [0.29, 0.717) is 50.1 Å². The van der Waals surface area contributed by atoms with Crippen LogP contribution < -0.4 is 5.73 Å². The summed E-state index contributed by atoms with van der Waals surface area (Å²) in [6, 6.07) is 0.264. The molecule has 2 aliphatic rings. The van der Waals surface area contributed by atoms with Crippen LogP contribution in [0.1, 0.15) is 43.6 Å². The summed E-state index contributed by atoms with van der Waals surface area (Å²) in [5.74, 6) is 1.00. The number of aromatic nitrogens is 3. The van der Waals surface area contributed by atoms with Crippen LogP contribution in [0.5, 0.6) is 0 Å². The Morgan fingerprint density at radius 1 is 1.40 bits per heavy atom. The van der Waals surface area contributed by atoms with E-state index in [-0.39, 0.29) is 17.9 Å². The molecule has 2 atom stereocenters. The van der Waals surface area contributed by atoms with Crippen molar-refractivity contribution in [3.63, 3.8) is 0 Å². The van der Waals surface area contributed by atoms with Gasteiger partial charge in [-0.05, 0) is 24.7 Å². The molecular formula is C17H28N6O2. The van der Waals surface area contributed by atoms with Crippen LogP contribution in [0.3, 0.4) is 0 Å². The quantitative estimate of drug-likeness (QED) is 0.828. The molecule has 3 heterocycles. The number of hydrogen-bond acceptors (Lipinski definition) is 5. The highest BCUT2D eigenvalue weighted by atomic mass is 16.2. The highest BCUT2D eigenvalue weighted by molar-refractivity contribution is 5.92. The summed E-state index contributed by atoms with van der Waals surface area (Å²) < 4.78 is 1.60. The number of nitrogens with two attached hydrogens (primary N) is 1. The van der Waals surface area contributed by atoms with Gasteiger partial charge in [-0.1, -0.05) is 19.1 Å². The molecule has 3 rings (SSSR count). The van der Waals surface area contributed by atoms with Crippen molar-refractivity contribution >= 4 is 11.8 Å². The van der Waals surface area contributed by atoms with Gasteiger partial charge in [0.25, 0.3) is 5.91 Å². The second kappa shape index (κ2) is 7.51. The SMILES string of the molecule is CC(C)CN1C(=O)CC[C@H]2CN(C(=O)c3cn(CCN)nn3)CC[C@H]21. The fourth-order valence-corrected chi connectivity index (χ4v) is 3.97. The normalized spacial score (nSPS) is 23.9. The first-order valence-corrected chi connectivity index (χ1v) is 9.18. The van der Waals surface area contributed by atoms with Crippen LogP contribution in [-0.4, -0.2) is 68.8 Å². The van der Waals surface area contributed by atoms with Crippen LogP contribution in [0.2, 0.25) is 0 Å². The van der Waals surface area contributed by atoms with E-state index in [9.17, 15) is 9.59 Å². The average Bonchev–Trinajstić information content (AvgIpc) is 3.05. The van der Waals surface area contributed by atoms with Crippen molar-refractivity contribution < 1.29 is 9.59 Å². The molecule has 0 saturated carbocycles. The van der Waals surface area contributed by atoms with E-state index in [1.165, 1.54) is 0 Å². The molecule has 0 spiro atoms. The van der Waals surface area contributed by atoms with Crippen molar-refractivity contribution in [2.45, 2.75) is 45.7 Å². The third kappa shape index (κ3) is 3.84. The Labute approximate surface area is 148 Å². The lowest BCUT2D eigenvalue weighted by molar-refractivity contribution is -0.141. The fourth-order valence-electron chi connectivity index (χ4n) is 3.97. The predicted molar refractivity (Wildman–Crippen MR) is 92.7 cm³/mol. The predicted octanol–water partition coefficient (Wildman–Crippen LogP) is 0.346. The topological polar surface area (TPSA) is 97.4 Å². The number of carbonyl (C=O) groups excluding carboxylic acids is 2. The van der Waals surface area contributed by atoms with E-state index >= 15 is 0 Å². The maximum Gasteiger partial charge on any atom is 0.276 e. The molecule has 2 aliphatic heterocycles. The first-order chi connectivity index (χ1) is 12.0. The van der Waals surface area contributed by atoms with Crippen LogP contribution >= 0.6 is 0 Å². The van der Waals surface area contributed by atoms with Gasteiger partial charge >= 0.3 is 0 Å². The van der Waals surface area contributed by atoms with Gasteiger partial charge in [0.05, 0.1) is 12.7 Å². The second-order valence-corrected chi connectivity index (χ2v) is 7.50. The number of rotatable bonds is 5. The van der Waals surface area contributed by atoms with Crippen LogP contribution in [0.4, 0.5) is 0 Å². The monoisotopic (exact) mass is 348 g/mol. The molecule has 1 aromatic rings. The van der Waals surface area contributed by atoms with Gasteiger partial charge in [0, 0.05) is 38.6 Å². The molecule has 0 radical (unpaired) electrons. The van der Waals surface area contributed by atoms with Crippen molar-refractivity contribution in [1.82, 2.24) is 24.8 Å². The fraction of sp³-hybridized carbons (Fsp3) is 0.765. The maximum absolute atomic E-state index is 12.7. The molecule has 0 aliphatic carbocycles. The molecule has 25 heavy (non-hydrogen) atoms. The van der Waals surface area contributed by atoms with E-state index in [4.69, 9.17) is 5.73 Å². The van der Waals surface area contributed by atoms with Crippen molar-refractivity contribution in [2.75, 3.05) is 26.2 Å². The van der Waals surface area contributed by atoms with E-state index in [2.05, 4.69) is 29.1 Å². The number of hydrogen-bond donors (Lipinski definition) is 1. The van der Waals surface area contributed by atoms with Crippen molar-refractivity contribution in [3.8, 4) is 0 Å². The standard InChI is InChI=1S/C17H28N6O2/c1-12(2)9-23-15-5-7-21(10-13(15)3-4-16(23)24)17(25)14-11-22(8-6-18)20-19-14/h11-13,15H,3-10,18H2,1-2H3/t13-,15+/m0/s1. The van der Waals surface area contributed by atoms with E-state index < -0.39 is 0 Å². The van der Waals surface area contributed by atoms with Crippen LogP contribution in [0, 0.1) is 11.8 Å². The van der Waals surface area contributed by atoms with E-state index in [1.54, 1.807) is 10.9 Å². The summed E-state index contributed by atoms with van der Waals surface area (Å²) >= 11 is 0. The molecule has 2 amide bonds. The van der Waals surface area contributed by atoms with Crippen LogP contribution in [-0.2, 0) is 11.3 Å². The van der Waals surface area contributed by atoms with Gasteiger partial charge in [0.15, 0.2) is 5.69 Å². The lowest BCUT2D eigenvalue weighted by Gasteiger charge is -2.47. The molecule has 0 aromatic carbocycles. The highest BCUT2D eigenvalue weighted by Gasteiger charge is 2.40. The Balaban J connectivity index is 1.66. The summed E-state index contributed by atoms with van der Waals surface area (Å²) in [5.41, 5.74) is 5.88.